The molecule has 1 aromatic heterocycles. The first kappa shape index (κ1) is 14.3. The van der Waals surface area contributed by atoms with Gasteiger partial charge in [-0.15, -0.1) is 11.3 Å². The highest BCUT2D eigenvalue weighted by Crippen LogP contribution is 2.31. The van der Waals surface area contributed by atoms with Crippen LogP contribution in [0.4, 0.5) is 0 Å². The quantitative estimate of drug-likeness (QED) is 0.870. The number of carbonyl (C=O) groups excluding carboxylic acids is 1. The van der Waals surface area contributed by atoms with Crippen LogP contribution in [0.5, 0.6) is 0 Å². The van der Waals surface area contributed by atoms with E-state index in [1.54, 1.807) is 4.90 Å². The number of rotatable bonds is 3. The van der Waals surface area contributed by atoms with Gasteiger partial charge in [0.05, 0.1) is 0 Å². The van der Waals surface area contributed by atoms with E-state index in [2.05, 4.69) is 28.5 Å². The lowest BCUT2D eigenvalue weighted by molar-refractivity contribution is -0.135. The van der Waals surface area contributed by atoms with Gasteiger partial charge in [-0.1, -0.05) is 30.3 Å². The van der Waals surface area contributed by atoms with E-state index in [1.807, 2.05) is 43.6 Å². The molecule has 1 atom stereocenters. The Labute approximate surface area is 129 Å². The van der Waals surface area contributed by atoms with Crippen molar-refractivity contribution in [3.05, 3.63) is 57.8 Å². The van der Waals surface area contributed by atoms with Gasteiger partial charge in [-0.25, -0.2) is 0 Å². The van der Waals surface area contributed by atoms with Crippen molar-refractivity contribution in [2.45, 2.75) is 19.0 Å². The molecule has 0 bridgehead atoms. The lowest BCUT2D eigenvalue weighted by atomic mass is 10.0. The van der Waals surface area contributed by atoms with Crippen LogP contribution >= 0.6 is 11.3 Å². The molecule has 3 rings (SSSR count). The first-order valence-electron chi connectivity index (χ1n) is 7.22. The van der Waals surface area contributed by atoms with Gasteiger partial charge in [-0.05, 0) is 29.0 Å². The zero-order valence-corrected chi connectivity index (χ0v) is 13.3. The second kappa shape index (κ2) is 6.00. The van der Waals surface area contributed by atoms with Gasteiger partial charge in [0.25, 0.3) is 0 Å². The first-order chi connectivity index (χ1) is 10.2. The summed E-state index contributed by atoms with van der Waals surface area (Å²) in [6.07, 6.45) is 1.04. The van der Waals surface area contributed by atoms with Gasteiger partial charge in [0.1, 0.15) is 6.04 Å². The van der Waals surface area contributed by atoms with Crippen molar-refractivity contribution in [2.24, 2.45) is 0 Å². The number of likely N-dealkylation sites (N-methyl/N-ethyl adjacent to an activating group) is 1. The van der Waals surface area contributed by atoms with E-state index in [0.29, 0.717) is 0 Å². The Morgan fingerprint density at radius 2 is 2.00 bits per heavy atom. The summed E-state index contributed by atoms with van der Waals surface area (Å²) in [5.41, 5.74) is 2.45. The van der Waals surface area contributed by atoms with Crippen LogP contribution in [0.2, 0.25) is 0 Å². The van der Waals surface area contributed by atoms with E-state index in [9.17, 15) is 4.79 Å². The summed E-state index contributed by atoms with van der Waals surface area (Å²) in [7, 11) is 3.66. The van der Waals surface area contributed by atoms with E-state index < -0.39 is 0 Å². The molecule has 4 heteroatoms. The third-order valence-corrected chi connectivity index (χ3v) is 5.02. The van der Waals surface area contributed by atoms with Gasteiger partial charge in [-0.3, -0.25) is 9.69 Å². The van der Waals surface area contributed by atoms with Crippen molar-refractivity contribution in [1.29, 1.82) is 0 Å². The van der Waals surface area contributed by atoms with E-state index in [1.165, 1.54) is 10.4 Å². The standard InChI is InChI=1S/C17H20N2OS/c1-18(2)17(20)16(13-6-4-3-5-7-13)19-10-8-15-14(12-19)9-11-21-15/h3-7,9,11,16H,8,10,12H2,1-2H3. The average molecular weight is 300 g/mol. The summed E-state index contributed by atoms with van der Waals surface area (Å²) in [6, 6.07) is 12.1. The fraction of sp³-hybridized carbons (Fsp3) is 0.353. The Balaban J connectivity index is 1.91. The molecule has 1 unspecified atom stereocenters. The van der Waals surface area contributed by atoms with E-state index in [4.69, 9.17) is 0 Å². The highest BCUT2D eigenvalue weighted by atomic mass is 32.1. The van der Waals surface area contributed by atoms with E-state index in [0.717, 1.165) is 25.1 Å². The van der Waals surface area contributed by atoms with Crippen molar-refractivity contribution >= 4 is 17.2 Å². The van der Waals surface area contributed by atoms with Crippen LogP contribution in [0.1, 0.15) is 22.0 Å². The van der Waals surface area contributed by atoms with Crippen molar-refractivity contribution in [3.63, 3.8) is 0 Å². The molecule has 1 aliphatic rings. The third-order valence-electron chi connectivity index (χ3n) is 3.99. The number of hydrogen-bond donors (Lipinski definition) is 0. The number of thiophene rings is 1. The molecule has 0 spiro atoms. The number of fused-ring (bicyclic) bond motifs is 1. The number of nitrogens with zero attached hydrogens (tertiary/aromatic N) is 2. The fourth-order valence-electron chi connectivity index (χ4n) is 2.88. The Morgan fingerprint density at radius 1 is 1.24 bits per heavy atom. The van der Waals surface area contributed by atoms with Crippen LogP contribution < -0.4 is 0 Å². The molecule has 110 valence electrons. The summed E-state index contributed by atoms with van der Waals surface area (Å²) in [4.78, 5) is 18.1. The highest BCUT2D eigenvalue weighted by molar-refractivity contribution is 7.10. The largest absolute Gasteiger partial charge is 0.347 e. The molecule has 21 heavy (non-hydrogen) atoms. The molecule has 1 aromatic carbocycles. The second-order valence-corrected chi connectivity index (χ2v) is 6.64. The lowest BCUT2D eigenvalue weighted by Crippen LogP contribution is -2.42. The highest BCUT2D eigenvalue weighted by Gasteiger charge is 2.31. The minimum Gasteiger partial charge on any atom is -0.347 e. The fourth-order valence-corrected chi connectivity index (χ4v) is 3.77. The van der Waals surface area contributed by atoms with E-state index in [-0.39, 0.29) is 11.9 Å². The zero-order chi connectivity index (χ0) is 14.8. The maximum Gasteiger partial charge on any atom is 0.244 e. The van der Waals surface area contributed by atoms with Gasteiger partial charge in [0.2, 0.25) is 5.91 Å². The summed E-state index contributed by atoms with van der Waals surface area (Å²) >= 11 is 1.83. The Kier molecular flexibility index (Phi) is 4.08. The molecule has 0 N–H and O–H groups in total. The number of benzene rings is 1. The lowest BCUT2D eigenvalue weighted by Gasteiger charge is -2.35. The number of hydrogen-bond acceptors (Lipinski definition) is 3. The van der Waals surface area contributed by atoms with Crippen LogP contribution in [0.3, 0.4) is 0 Å². The molecule has 0 radical (unpaired) electrons. The molecule has 1 aliphatic heterocycles. The van der Waals surface area contributed by atoms with Crippen LogP contribution in [0.15, 0.2) is 41.8 Å². The van der Waals surface area contributed by atoms with Crippen LogP contribution in [0.25, 0.3) is 0 Å². The molecule has 2 heterocycles. The monoisotopic (exact) mass is 300 g/mol. The Bertz CT molecular complexity index is 621. The van der Waals surface area contributed by atoms with Gasteiger partial charge < -0.3 is 4.90 Å². The number of amides is 1. The molecule has 0 saturated carbocycles. The summed E-state index contributed by atoms with van der Waals surface area (Å²) in [5.74, 6) is 0.153. The predicted molar refractivity (Wildman–Crippen MR) is 86.3 cm³/mol. The molecule has 3 nitrogen and oxygen atoms in total. The molecule has 2 aromatic rings. The van der Waals surface area contributed by atoms with Crippen molar-refractivity contribution in [3.8, 4) is 0 Å². The van der Waals surface area contributed by atoms with Crippen LogP contribution in [-0.4, -0.2) is 36.3 Å². The van der Waals surface area contributed by atoms with Gasteiger partial charge in [0.15, 0.2) is 0 Å². The van der Waals surface area contributed by atoms with Crippen molar-refractivity contribution in [2.75, 3.05) is 20.6 Å². The molecular formula is C17H20N2OS. The van der Waals surface area contributed by atoms with Gasteiger partial charge >= 0.3 is 0 Å². The van der Waals surface area contributed by atoms with Gasteiger partial charge in [-0.2, -0.15) is 0 Å². The summed E-state index contributed by atoms with van der Waals surface area (Å²) in [6.45, 7) is 1.80. The van der Waals surface area contributed by atoms with Crippen LogP contribution in [0, 0.1) is 0 Å². The Morgan fingerprint density at radius 3 is 2.71 bits per heavy atom. The molecule has 0 saturated heterocycles. The minimum absolute atomic E-state index is 0.153. The maximum absolute atomic E-state index is 12.7. The maximum atomic E-state index is 12.7. The molecule has 0 fully saturated rings. The first-order valence-corrected chi connectivity index (χ1v) is 8.10. The van der Waals surface area contributed by atoms with Crippen LogP contribution in [-0.2, 0) is 17.8 Å². The topological polar surface area (TPSA) is 23.6 Å². The average Bonchev–Trinajstić information content (AvgIpc) is 2.96. The SMILES string of the molecule is CN(C)C(=O)C(c1ccccc1)N1CCc2sccc2C1. The zero-order valence-electron chi connectivity index (χ0n) is 12.5. The second-order valence-electron chi connectivity index (χ2n) is 5.64. The van der Waals surface area contributed by atoms with Crippen molar-refractivity contribution < 1.29 is 4.79 Å². The minimum atomic E-state index is -0.186. The number of carbonyl (C=O) groups is 1. The Hall–Kier alpha value is -1.65. The van der Waals surface area contributed by atoms with E-state index >= 15 is 0 Å². The third kappa shape index (κ3) is 2.87. The van der Waals surface area contributed by atoms with Crippen molar-refractivity contribution in [1.82, 2.24) is 9.80 Å². The molecule has 1 amide bonds. The smallest absolute Gasteiger partial charge is 0.244 e. The van der Waals surface area contributed by atoms with Gasteiger partial charge in [0, 0.05) is 32.1 Å². The predicted octanol–water partition coefficient (Wildman–Crippen LogP) is 2.94. The summed E-state index contributed by atoms with van der Waals surface area (Å²) < 4.78 is 0. The molecule has 0 aliphatic carbocycles. The molecular weight excluding hydrogens is 280 g/mol. The summed E-state index contributed by atoms with van der Waals surface area (Å²) in [5, 5.41) is 2.15. The normalized spacial score (nSPS) is 16.3.